The summed E-state index contributed by atoms with van der Waals surface area (Å²) in [4.78, 5) is 25.7. The number of benzene rings is 2. The van der Waals surface area contributed by atoms with E-state index in [2.05, 4.69) is 24.4 Å². The molecule has 27 heavy (non-hydrogen) atoms. The average molecular weight is 370 g/mol. The standard InChI is InChI=1S/C21H24FN3O2/c1-3-15-7-9-16(10-8-15)19(17-5-4-6-18(22)13-17)24-14(2)20(26)25-12-11-23-21(25)27/h4-10,13-14,19,24H,3,11-12H2,1-2H3,(H,23,27)/p+1/t14-,19+/m1/s1. The highest BCUT2D eigenvalue weighted by Gasteiger charge is 2.33. The van der Waals surface area contributed by atoms with E-state index in [-0.39, 0.29) is 23.8 Å². The minimum Gasteiger partial charge on any atom is -0.336 e. The largest absolute Gasteiger partial charge is 0.336 e. The van der Waals surface area contributed by atoms with Crippen molar-refractivity contribution in [1.82, 2.24) is 10.2 Å². The second-order valence-electron chi connectivity index (χ2n) is 6.83. The van der Waals surface area contributed by atoms with Crippen LogP contribution in [0.15, 0.2) is 48.5 Å². The third kappa shape index (κ3) is 4.34. The lowest BCUT2D eigenvalue weighted by atomic mass is 9.96. The Balaban J connectivity index is 1.87. The molecule has 1 aliphatic heterocycles. The number of amides is 3. The summed E-state index contributed by atoms with van der Waals surface area (Å²) < 4.78 is 13.8. The zero-order chi connectivity index (χ0) is 19.4. The first-order valence-corrected chi connectivity index (χ1v) is 9.28. The molecule has 3 rings (SSSR count). The number of urea groups is 1. The van der Waals surface area contributed by atoms with Gasteiger partial charge in [0.25, 0.3) is 5.91 Å². The summed E-state index contributed by atoms with van der Waals surface area (Å²) in [5, 5.41) is 4.54. The maximum Gasteiger partial charge on any atom is 0.324 e. The van der Waals surface area contributed by atoms with Gasteiger partial charge in [0.15, 0.2) is 6.04 Å². The number of nitrogens with zero attached hydrogens (tertiary/aromatic N) is 1. The highest BCUT2D eigenvalue weighted by atomic mass is 19.1. The molecule has 0 aliphatic carbocycles. The van der Waals surface area contributed by atoms with Gasteiger partial charge in [0.05, 0.1) is 0 Å². The fourth-order valence-electron chi connectivity index (χ4n) is 3.37. The number of nitrogens with one attached hydrogen (secondary N) is 1. The van der Waals surface area contributed by atoms with Crippen molar-refractivity contribution in [2.75, 3.05) is 13.1 Å². The molecule has 6 heteroatoms. The molecule has 1 heterocycles. The first kappa shape index (κ1) is 19.0. The van der Waals surface area contributed by atoms with Crippen molar-refractivity contribution in [1.29, 1.82) is 0 Å². The van der Waals surface area contributed by atoms with Crippen molar-refractivity contribution >= 4 is 11.9 Å². The molecule has 3 N–H and O–H groups in total. The van der Waals surface area contributed by atoms with Crippen molar-refractivity contribution < 1.29 is 19.3 Å². The van der Waals surface area contributed by atoms with Gasteiger partial charge in [0.2, 0.25) is 0 Å². The Morgan fingerprint density at radius 3 is 2.56 bits per heavy atom. The van der Waals surface area contributed by atoms with Gasteiger partial charge in [-0.15, -0.1) is 0 Å². The van der Waals surface area contributed by atoms with Crippen molar-refractivity contribution in [3.8, 4) is 0 Å². The zero-order valence-corrected chi connectivity index (χ0v) is 15.6. The minimum absolute atomic E-state index is 0.239. The number of quaternary nitrogens is 1. The molecule has 0 radical (unpaired) electrons. The van der Waals surface area contributed by atoms with Crippen molar-refractivity contribution in [2.45, 2.75) is 32.4 Å². The Morgan fingerprint density at radius 2 is 1.96 bits per heavy atom. The second-order valence-corrected chi connectivity index (χ2v) is 6.83. The van der Waals surface area contributed by atoms with Crippen LogP contribution in [0.1, 0.15) is 36.6 Å². The van der Waals surface area contributed by atoms with Crippen LogP contribution < -0.4 is 10.6 Å². The van der Waals surface area contributed by atoms with Gasteiger partial charge in [-0.05, 0) is 31.0 Å². The van der Waals surface area contributed by atoms with Gasteiger partial charge < -0.3 is 10.6 Å². The van der Waals surface area contributed by atoms with Crippen LogP contribution in [-0.2, 0) is 11.2 Å². The molecule has 1 aliphatic rings. The van der Waals surface area contributed by atoms with E-state index in [0.29, 0.717) is 13.1 Å². The lowest BCUT2D eigenvalue weighted by molar-refractivity contribution is -0.705. The molecular formula is C21H25FN3O2+. The lowest BCUT2D eigenvalue weighted by Gasteiger charge is -2.23. The smallest absolute Gasteiger partial charge is 0.324 e. The summed E-state index contributed by atoms with van der Waals surface area (Å²) in [5.41, 5.74) is 2.99. The normalized spacial score (nSPS) is 16.1. The maximum absolute atomic E-state index is 13.8. The average Bonchev–Trinajstić information content (AvgIpc) is 3.11. The van der Waals surface area contributed by atoms with Crippen LogP contribution in [0.5, 0.6) is 0 Å². The number of nitrogens with two attached hydrogens (primary N) is 1. The van der Waals surface area contributed by atoms with Gasteiger partial charge in [-0.1, -0.05) is 43.3 Å². The Kier molecular flexibility index (Phi) is 5.86. The molecule has 0 bridgehead atoms. The molecule has 142 valence electrons. The highest BCUT2D eigenvalue weighted by Crippen LogP contribution is 2.20. The van der Waals surface area contributed by atoms with Gasteiger partial charge in [0.1, 0.15) is 11.9 Å². The topological polar surface area (TPSA) is 66.0 Å². The molecule has 0 saturated carbocycles. The third-order valence-corrected chi connectivity index (χ3v) is 4.95. The number of carbonyl (C=O) groups excluding carboxylic acids is 2. The summed E-state index contributed by atoms with van der Waals surface area (Å²) in [7, 11) is 0. The van der Waals surface area contributed by atoms with E-state index in [1.54, 1.807) is 13.0 Å². The minimum atomic E-state index is -0.479. The molecule has 3 amide bonds. The molecule has 0 aromatic heterocycles. The summed E-state index contributed by atoms with van der Waals surface area (Å²) >= 11 is 0. The highest BCUT2D eigenvalue weighted by molar-refractivity contribution is 5.97. The lowest BCUT2D eigenvalue weighted by Crippen LogP contribution is -2.92. The van der Waals surface area contributed by atoms with E-state index in [9.17, 15) is 14.0 Å². The van der Waals surface area contributed by atoms with Gasteiger partial charge in [-0.2, -0.15) is 0 Å². The number of carbonyl (C=O) groups is 2. The van der Waals surface area contributed by atoms with Gasteiger partial charge in [-0.3, -0.25) is 9.69 Å². The Hall–Kier alpha value is -2.73. The Bertz CT molecular complexity index is 822. The number of hydrogen-bond acceptors (Lipinski definition) is 2. The van der Waals surface area contributed by atoms with Gasteiger partial charge in [0, 0.05) is 24.2 Å². The second kappa shape index (κ2) is 8.31. The first-order chi connectivity index (χ1) is 13.0. The molecule has 0 spiro atoms. The quantitative estimate of drug-likeness (QED) is 0.817. The van der Waals surface area contributed by atoms with Crippen molar-refractivity contribution in [3.05, 3.63) is 71.0 Å². The van der Waals surface area contributed by atoms with Gasteiger partial charge >= 0.3 is 6.03 Å². The first-order valence-electron chi connectivity index (χ1n) is 9.28. The summed E-state index contributed by atoms with van der Waals surface area (Å²) in [6, 6.07) is 13.5. The van der Waals surface area contributed by atoms with Crippen molar-refractivity contribution in [2.24, 2.45) is 0 Å². The van der Waals surface area contributed by atoms with E-state index in [0.717, 1.165) is 17.5 Å². The van der Waals surface area contributed by atoms with Crippen LogP contribution >= 0.6 is 0 Å². The molecule has 0 unspecified atom stereocenters. The van der Waals surface area contributed by atoms with E-state index < -0.39 is 6.04 Å². The molecular weight excluding hydrogens is 345 g/mol. The van der Waals surface area contributed by atoms with E-state index in [1.807, 2.05) is 23.5 Å². The van der Waals surface area contributed by atoms with E-state index >= 15 is 0 Å². The molecule has 1 fully saturated rings. The number of hydrogen-bond donors (Lipinski definition) is 2. The molecule has 2 aromatic carbocycles. The number of rotatable bonds is 6. The van der Waals surface area contributed by atoms with Crippen LogP contribution in [0.2, 0.25) is 0 Å². The summed E-state index contributed by atoms with van der Waals surface area (Å²) in [5.74, 6) is -0.550. The van der Waals surface area contributed by atoms with Crippen molar-refractivity contribution in [3.63, 3.8) is 0 Å². The van der Waals surface area contributed by atoms with E-state index in [4.69, 9.17) is 0 Å². The number of imide groups is 1. The Morgan fingerprint density at radius 1 is 1.22 bits per heavy atom. The van der Waals surface area contributed by atoms with Crippen LogP contribution in [0, 0.1) is 5.82 Å². The summed E-state index contributed by atoms with van der Waals surface area (Å²) in [6.07, 6.45) is 0.938. The van der Waals surface area contributed by atoms with Crippen LogP contribution in [0.3, 0.4) is 0 Å². The number of halogens is 1. The predicted molar refractivity (Wildman–Crippen MR) is 101 cm³/mol. The summed E-state index contributed by atoms with van der Waals surface area (Å²) in [6.45, 7) is 4.72. The van der Waals surface area contributed by atoms with Crippen LogP contribution in [0.25, 0.3) is 0 Å². The van der Waals surface area contributed by atoms with Crippen LogP contribution in [0.4, 0.5) is 9.18 Å². The number of aryl methyl sites for hydroxylation is 1. The maximum atomic E-state index is 13.8. The Labute approximate surface area is 158 Å². The zero-order valence-electron chi connectivity index (χ0n) is 15.6. The monoisotopic (exact) mass is 370 g/mol. The SMILES string of the molecule is CCc1ccc([C@H]([NH2+][C@H](C)C(=O)N2CCNC2=O)c2cccc(F)c2)cc1. The van der Waals surface area contributed by atoms with E-state index in [1.165, 1.54) is 22.6 Å². The molecule has 1 saturated heterocycles. The molecule has 5 nitrogen and oxygen atoms in total. The van der Waals surface area contributed by atoms with Gasteiger partial charge in [-0.25, -0.2) is 9.18 Å². The van der Waals surface area contributed by atoms with Crippen LogP contribution in [-0.4, -0.2) is 36.0 Å². The predicted octanol–water partition coefficient (Wildman–Crippen LogP) is 1.98. The molecule has 2 atom stereocenters. The fraction of sp³-hybridized carbons (Fsp3) is 0.333. The molecule has 2 aromatic rings. The third-order valence-electron chi connectivity index (χ3n) is 4.95. The fourth-order valence-corrected chi connectivity index (χ4v) is 3.37.